The number of aryl methyl sites for hydroxylation is 1. The maximum absolute atomic E-state index is 12.7. The monoisotopic (exact) mass is 416 g/mol. The molecule has 0 saturated carbocycles. The number of ether oxygens (including phenoxy) is 1. The summed E-state index contributed by atoms with van der Waals surface area (Å²) in [6, 6.07) is 11.9. The topological polar surface area (TPSA) is 78.9 Å². The molecule has 1 aliphatic rings. The Labute approximate surface area is 175 Å². The molecule has 0 aliphatic carbocycles. The second-order valence-electron chi connectivity index (χ2n) is 7.28. The lowest BCUT2D eigenvalue weighted by Crippen LogP contribution is -2.46. The van der Waals surface area contributed by atoms with Gasteiger partial charge in [-0.15, -0.1) is 0 Å². The number of carbonyl (C=O) groups is 2. The van der Waals surface area contributed by atoms with Crippen LogP contribution >= 0.6 is 11.6 Å². The van der Waals surface area contributed by atoms with E-state index in [2.05, 4.69) is 5.32 Å². The molecule has 1 heterocycles. The number of amides is 2. The van der Waals surface area contributed by atoms with Crippen molar-refractivity contribution < 1.29 is 19.4 Å². The molecule has 0 spiro atoms. The number of piperidine rings is 1. The highest BCUT2D eigenvalue weighted by Gasteiger charge is 2.30. The zero-order valence-corrected chi connectivity index (χ0v) is 17.3. The highest BCUT2D eigenvalue weighted by Crippen LogP contribution is 2.26. The van der Waals surface area contributed by atoms with E-state index in [4.69, 9.17) is 16.3 Å². The molecule has 1 saturated heterocycles. The van der Waals surface area contributed by atoms with Gasteiger partial charge in [-0.25, -0.2) is 0 Å². The normalized spacial score (nSPS) is 15.6. The number of phenolic OH excluding ortho intramolecular Hbond substituents is 1. The number of para-hydroxylation sites is 2. The minimum absolute atomic E-state index is 0.0388. The van der Waals surface area contributed by atoms with Crippen LogP contribution in [0.25, 0.3) is 0 Å². The predicted molar refractivity (Wildman–Crippen MR) is 112 cm³/mol. The third kappa shape index (κ3) is 5.21. The van der Waals surface area contributed by atoms with E-state index in [0.29, 0.717) is 42.4 Å². The Balaban J connectivity index is 1.52. The van der Waals surface area contributed by atoms with E-state index < -0.39 is 6.10 Å². The van der Waals surface area contributed by atoms with Gasteiger partial charge in [0, 0.05) is 24.0 Å². The number of halogens is 1. The second kappa shape index (κ2) is 9.18. The summed E-state index contributed by atoms with van der Waals surface area (Å²) in [6.07, 6.45) is 0.511. The molecule has 2 N–H and O–H groups in total. The summed E-state index contributed by atoms with van der Waals surface area (Å²) in [5.74, 6) is 0.233. The predicted octanol–water partition coefficient (Wildman–Crippen LogP) is 4.00. The fourth-order valence-electron chi connectivity index (χ4n) is 3.42. The van der Waals surface area contributed by atoms with E-state index in [-0.39, 0.29) is 23.5 Å². The number of phenols is 1. The standard InChI is InChI=1S/C22H25ClN2O4/c1-14-13-17(23)7-8-20(14)29-15(2)22(28)25-11-9-16(10-12-25)21(27)24-18-5-3-4-6-19(18)26/h3-8,13,15-16,26H,9-12H2,1-2H3,(H,24,27). The maximum atomic E-state index is 12.7. The minimum atomic E-state index is -0.624. The summed E-state index contributed by atoms with van der Waals surface area (Å²) in [5, 5.41) is 13.2. The first-order valence-corrected chi connectivity index (χ1v) is 10.0. The Hall–Kier alpha value is -2.73. The van der Waals surface area contributed by atoms with Gasteiger partial charge < -0.3 is 20.1 Å². The van der Waals surface area contributed by atoms with Crippen molar-refractivity contribution in [2.75, 3.05) is 18.4 Å². The Bertz CT molecular complexity index is 894. The molecule has 1 atom stereocenters. The van der Waals surface area contributed by atoms with Crippen molar-refractivity contribution in [3.63, 3.8) is 0 Å². The van der Waals surface area contributed by atoms with Crippen LogP contribution < -0.4 is 10.1 Å². The number of anilines is 1. The number of hydrogen-bond donors (Lipinski definition) is 2. The van der Waals surface area contributed by atoms with E-state index >= 15 is 0 Å². The molecule has 0 bridgehead atoms. The first-order valence-electron chi connectivity index (χ1n) is 9.65. The molecule has 3 rings (SSSR count). The number of hydrogen-bond acceptors (Lipinski definition) is 4. The summed E-state index contributed by atoms with van der Waals surface area (Å²) < 4.78 is 5.82. The van der Waals surface area contributed by atoms with Gasteiger partial charge in [-0.2, -0.15) is 0 Å². The largest absolute Gasteiger partial charge is 0.506 e. The van der Waals surface area contributed by atoms with E-state index in [0.717, 1.165) is 5.56 Å². The van der Waals surface area contributed by atoms with Crippen LogP contribution in [0.3, 0.4) is 0 Å². The van der Waals surface area contributed by atoms with E-state index in [1.54, 1.807) is 48.2 Å². The number of rotatable bonds is 5. The molecule has 2 aromatic carbocycles. The van der Waals surface area contributed by atoms with Crippen LogP contribution in [-0.2, 0) is 9.59 Å². The molecule has 6 nitrogen and oxygen atoms in total. The molecule has 29 heavy (non-hydrogen) atoms. The zero-order chi connectivity index (χ0) is 21.0. The lowest BCUT2D eigenvalue weighted by atomic mass is 9.95. The first kappa shape index (κ1) is 21.0. The molecule has 1 unspecified atom stereocenters. The average Bonchev–Trinajstić information content (AvgIpc) is 2.71. The second-order valence-corrected chi connectivity index (χ2v) is 7.71. The van der Waals surface area contributed by atoms with Gasteiger partial charge in [0.15, 0.2) is 6.10 Å². The fraction of sp³-hybridized carbons (Fsp3) is 0.364. The van der Waals surface area contributed by atoms with Crippen molar-refractivity contribution in [2.24, 2.45) is 5.92 Å². The van der Waals surface area contributed by atoms with Crippen LogP contribution in [0, 0.1) is 12.8 Å². The summed E-state index contributed by atoms with van der Waals surface area (Å²) in [6.45, 7) is 4.59. The van der Waals surface area contributed by atoms with Gasteiger partial charge >= 0.3 is 0 Å². The van der Waals surface area contributed by atoms with Gasteiger partial charge in [-0.05, 0) is 62.6 Å². The van der Waals surface area contributed by atoms with E-state index in [1.165, 1.54) is 6.07 Å². The van der Waals surface area contributed by atoms with Crippen LogP contribution in [0.15, 0.2) is 42.5 Å². The maximum Gasteiger partial charge on any atom is 0.263 e. The molecule has 7 heteroatoms. The lowest BCUT2D eigenvalue weighted by Gasteiger charge is -2.33. The van der Waals surface area contributed by atoms with Crippen molar-refractivity contribution in [1.82, 2.24) is 4.90 Å². The van der Waals surface area contributed by atoms with Gasteiger partial charge in [-0.1, -0.05) is 23.7 Å². The number of likely N-dealkylation sites (tertiary alicyclic amines) is 1. The van der Waals surface area contributed by atoms with Gasteiger partial charge in [0.2, 0.25) is 5.91 Å². The molecular weight excluding hydrogens is 392 g/mol. The summed E-state index contributed by atoms with van der Waals surface area (Å²) in [7, 11) is 0. The SMILES string of the molecule is Cc1cc(Cl)ccc1OC(C)C(=O)N1CCC(C(=O)Nc2ccccc2O)CC1. The summed E-state index contributed by atoms with van der Waals surface area (Å²) in [5.41, 5.74) is 1.27. The highest BCUT2D eigenvalue weighted by atomic mass is 35.5. The van der Waals surface area contributed by atoms with Crippen molar-refractivity contribution in [3.8, 4) is 11.5 Å². The van der Waals surface area contributed by atoms with Crippen LogP contribution in [0.2, 0.25) is 5.02 Å². The van der Waals surface area contributed by atoms with Gasteiger partial charge in [0.25, 0.3) is 5.91 Å². The quantitative estimate of drug-likeness (QED) is 0.722. The zero-order valence-electron chi connectivity index (χ0n) is 16.5. The van der Waals surface area contributed by atoms with Crippen LogP contribution in [-0.4, -0.2) is 41.0 Å². The highest BCUT2D eigenvalue weighted by molar-refractivity contribution is 6.30. The number of nitrogens with one attached hydrogen (secondary N) is 1. The van der Waals surface area contributed by atoms with Crippen molar-refractivity contribution in [1.29, 1.82) is 0 Å². The third-order valence-electron chi connectivity index (χ3n) is 5.13. The Morgan fingerprint density at radius 1 is 1.21 bits per heavy atom. The molecule has 2 aromatic rings. The molecule has 154 valence electrons. The minimum Gasteiger partial charge on any atom is -0.506 e. The third-order valence-corrected chi connectivity index (χ3v) is 5.36. The molecular formula is C22H25ClN2O4. The van der Waals surface area contributed by atoms with Crippen molar-refractivity contribution in [3.05, 3.63) is 53.1 Å². The van der Waals surface area contributed by atoms with Gasteiger partial charge in [0.1, 0.15) is 11.5 Å². The van der Waals surface area contributed by atoms with Crippen molar-refractivity contribution >= 4 is 29.1 Å². The Morgan fingerprint density at radius 2 is 1.90 bits per heavy atom. The summed E-state index contributed by atoms with van der Waals surface area (Å²) in [4.78, 5) is 26.9. The van der Waals surface area contributed by atoms with E-state index in [9.17, 15) is 14.7 Å². The molecule has 1 fully saturated rings. The first-order chi connectivity index (χ1) is 13.8. The Morgan fingerprint density at radius 3 is 2.55 bits per heavy atom. The molecule has 2 amide bonds. The number of aromatic hydroxyl groups is 1. The lowest BCUT2D eigenvalue weighted by molar-refractivity contribution is -0.140. The van der Waals surface area contributed by atoms with E-state index in [1.807, 2.05) is 6.92 Å². The average molecular weight is 417 g/mol. The number of carbonyl (C=O) groups excluding carboxylic acids is 2. The molecule has 0 radical (unpaired) electrons. The summed E-state index contributed by atoms with van der Waals surface area (Å²) >= 11 is 5.96. The molecule has 0 aromatic heterocycles. The van der Waals surface area contributed by atoms with Crippen molar-refractivity contribution in [2.45, 2.75) is 32.8 Å². The van der Waals surface area contributed by atoms with Gasteiger partial charge in [-0.3, -0.25) is 9.59 Å². The number of benzene rings is 2. The van der Waals surface area contributed by atoms with Crippen LogP contribution in [0.5, 0.6) is 11.5 Å². The Kier molecular flexibility index (Phi) is 6.64. The van der Waals surface area contributed by atoms with Crippen LogP contribution in [0.4, 0.5) is 5.69 Å². The van der Waals surface area contributed by atoms with Crippen LogP contribution in [0.1, 0.15) is 25.3 Å². The fourth-order valence-corrected chi connectivity index (χ4v) is 3.65. The van der Waals surface area contributed by atoms with Gasteiger partial charge in [0.05, 0.1) is 5.69 Å². The number of nitrogens with zero attached hydrogens (tertiary/aromatic N) is 1. The smallest absolute Gasteiger partial charge is 0.263 e. The molecule has 1 aliphatic heterocycles.